The highest BCUT2D eigenvalue weighted by Gasteiger charge is 2.24. The molecule has 4 nitrogen and oxygen atoms in total. The summed E-state index contributed by atoms with van der Waals surface area (Å²) in [6.07, 6.45) is 3.47. The van der Waals surface area contributed by atoms with Gasteiger partial charge in [-0.3, -0.25) is 9.69 Å². The fourth-order valence-electron chi connectivity index (χ4n) is 2.40. The zero-order valence-electron chi connectivity index (χ0n) is 12.6. The number of carbonyl (C=O) groups excluding carboxylic acids is 1. The maximum atomic E-state index is 12.1. The molecule has 1 aromatic rings. The first kappa shape index (κ1) is 15.0. The van der Waals surface area contributed by atoms with Crippen LogP contribution in [0.5, 0.6) is 0 Å². The molecule has 20 heavy (non-hydrogen) atoms. The van der Waals surface area contributed by atoms with Gasteiger partial charge in [-0.1, -0.05) is 6.07 Å². The third kappa shape index (κ3) is 3.38. The Balaban J connectivity index is 1.95. The minimum absolute atomic E-state index is 0.0234. The molecule has 0 atom stereocenters. The summed E-state index contributed by atoms with van der Waals surface area (Å²) in [5.41, 5.74) is 3.23. The maximum Gasteiger partial charge on any atom is 0.238 e. The number of hydrogen-bond acceptors (Lipinski definition) is 3. The Morgan fingerprint density at radius 3 is 2.75 bits per heavy atom. The minimum atomic E-state index is -0.394. The zero-order valence-corrected chi connectivity index (χ0v) is 12.6. The summed E-state index contributed by atoms with van der Waals surface area (Å²) >= 11 is 0. The number of fused-ring (bicyclic) bond motifs is 1. The number of rotatable bonds is 5. The molecule has 1 aliphatic carbocycles. The lowest BCUT2D eigenvalue weighted by Crippen LogP contribution is -2.47. The van der Waals surface area contributed by atoms with Crippen LogP contribution in [0.2, 0.25) is 0 Å². The minimum Gasteiger partial charge on any atom is -0.394 e. The molecule has 0 radical (unpaired) electrons. The van der Waals surface area contributed by atoms with Gasteiger partial charge in [-0.05, 0) is 63.4 Å². The van der Waals surface area contributed by atoms with Gasteiger partial charge in [-0.25, -0.2) is 0 Å². The average Bonchev–Trinajstić information content (AvgIpc) is 2.85. The summed E-state index contributed by atoms with van der Waals surface area (Å²) in [4.78, 5) is 13.9. The van der Waals surface area contributed by atoms with E-state index in [0.717, 1.165) is 18.5 Å². The highest BCUT2D eigenvalue weighted by molar-refractivity contribution is 5.92. The molecule has 0 spiro atoms. The summed E-state index contributed by atoms with van der Waals surface area (Å²) in [5.74, 6) is -0.0491. The number of hydrogen-bond donors (Lipinski definition) is 2. The van der Waals surface area contributed by atoms with Crippen molar-refractivity contribution in [2.45, 2.75) is 38.6 Å². The number of aliphatic hydroxyl groups excluding tert-OH is 1. The van der Waals surface area contributed by atoms with E-state index in [-0.39, 0.29) is 19.1 Å². The second-order valence-corrected chi connectivity index (χ2v) is 6.21. The molecule has 0 bridgehead atoms. The van der Waals surface area contributed by atoms with E-state index >= 15 is 0 Å². The summed E-state index contributed by atoms with van der Waals surface area (Å²) in [6.45, 7) is 4.12. The molecule has 0 saturated carbocycles. The number of nitrogens with zero attached hydrogens (tertiary/aromatic N) is 1. The molecular weight excluding hydrogens is 252 g/mol. The average molecular weight is 276 g/mol. The Hall–Kier alpha value is -1.39. The molecule has 1 aromatic carbocycles. The number of carbonyl (C=O) groups is 1. The molecule has 0 aromatic heterocycles. The van der Waals surface area contributed by atoms with Crippen LogP contribution in [0.4, 0.5) is 5.69 Å². The SMILES string of the molecule is CN(CC(=O)Nc1ccc2c(c1)CCC2)C(C)(C)CO. The second kappa shape index (κ2) is 5.94. The maximum absolute atomic E-state index is 12.1. The van der Waals surface area contributed by atoms with Crippen LogP contribution in [-0.4, -0.2) is 41.7 Å². The highest BCUT2D eigenvalue weighted by atomic mass is 16.3. The van der Waals surface area contributed by atoms with Crippen molar-refractivity contribution >= 4 is 11.6 Å². The van der Waals surface area contributed by atoms with Crippen LogP contribution < -0.4 is 5.32 Å². The third-order valence-electron chi connectivity index (χ3n) is 4.18. The van der Waals surface area contributed by atoms with Crippen molar-refractivity contribution in [3.63, 3.8) is 0 Å². The van der Waals surface area contributed by atoms with Crippen LogP contribution in [-0.2, 0) is 17.6 Å². The predicted octanol–water partition coefficient (Wildman–Crippen LogP) is 1.82. The van der Waals surface area contributed by atoms with E-state index in [2.05, 4.69) is 17.4 Å². The number of amides is 1. The molecule has 0 heterocycles. The molecule has 4 heteroatoms. The molecule has 2 rings (SSSR count). The number of anilines is 1. The smallest absolute Gasteiger partial charge is 0.238 e. The molecule has 0 unspecified atom stereocenters. The van der Waals surface area contributed by atoms with Gasteiger partial charge in [0.1, 0.15) is 0 Å². The lowest BCUT2D eigenvalue weighted by Gasteiger charge is -2.33. The first-order valence-electron chi connectivity index (χ1n) is 7.16. The van der Waals surface area contributed by atoms with Crippen LogP contribution in [0.1, 0.15) is 31.4 Å². The van der Waals surface area contributed by atoms with Gasteiger partial charge >= 0.3 is 0 Å². The monoisotopic (exact) mass is 276 g/mol. The van der Waals surface area contributed by atoms with Gasteiger partial charge in [0, 0.05) is 11.2 Å². The van der Waals surface area contributed by atoms with Crippen molar-refractivity contribution < 1.29 is 9.90 Å². The summed E-state index contributed by atoms with van der Waals surface area (Å²) in [5, 5.41) is 12.2. The summed E-state index contributed by atoms with van der Waals surface area (Å²) < 4.78 is 0. The molecular formula is C16H24N2O2. The van der Waals surface area contributed by atoms with E-state index in [9.17, 15) is 9.90 Å². The fraction of sp³-hybridized carbons (Fsp3) is 0.562. The molecule has 1 aliphatic rings. The van der Waals surface area contributed by atoms with Crippen LogP contribution in [0.3, 0.4) is 0 Å². The van der Waals surface area contributed by atoms with Crippen LogP contribution >= 0.6 is 0 Å². The lowest BCUT2D eigenvalue weighted by molar-refractivity contribution is -0.118. The van der Waals surface area contributed by atoms with E-state index in [0.29, 0.717) is 0 Å². The van der Waals surface area contributed by atoms with Gasteiger partial charge in [-0.2, -0.15) is 0 Å². The largest absolute Gasteiger partial charge is 0.394 e. The molecule has 0 saturated heterocycles. The number of nitrogens with one attached hydrogen (secondary N) is 1. The summed E-state index contributed by atoms with van der Waals surface area (Å²) in [6, 6.07) is 6.16. The Morgan fingerprint density at radius 1 is 1.35 bits per heavy atom. The third-order valence-corrected chi connectivity index (χ3v) is 4.18. The lowest BCUT2D eigenvalue weighted by atomic mass is 10.1. The molecule has 0 aliphatic heterocycles. The first-order chi connectivity index (χ1) is 9.42. The predicted molar refractivity (Wildman–Crippen MR) is 80.9 cm³/mol. The van der Waals surface area contributed by atoms with Crippen molar-refractivity contribution in [2.75, 3.05) is 25.5 Å². The van der Waals surface area contributed by atoms with Crippen LogP contribution in [0.25, 0.3) is 0 Å². The van der Waals surface area contributed by atoms with E-state index in [1.54, 1.807) is 0 Å². The van der Waals surface area contributed by atoms with Gasteiger partial charge in [-0.15, -0.1) is 0 Å². The quantitative estimate of drug-likeness (QED) is 0.862. The van der Waals surface area contributed by atoms with Gasteiger partial charge in [0.2, 0.25) is 5.91 Å². The Labute approximate surface area is 120 Å². The van der Waals surface area contributed by atoms with Crippen molar-refractivity contribution in [1.29, 1.82) is 0 Å². The second-order valence-electron chi connectivity index (χ2n) is 6.21. The van der Waals surface area contributed by atoms with Gasteiger partial charge in [0.05, 0.1) is 13.2 Å². The summed E-state index contributed by atoms with van der Waals surface area (Å²) in [7, 11) is 1.85. The Kier molecular flexibility index (Phi) is 4.45. The molecule has 1 amide bonds. The number of aliphatic hydroxyl groups is 1. The van der Waals surface area contributed by atoms with Crippen LogP contribution in [0, 0.1) is 0 Å². The van der Waals surface area contributed by atoms with Crippen molar-refractivity contribution in [2.24, 2.45) is 0 Å². The Bertz CT molecular complexity index is 497. The number of benzene rings is 1. The normalized spacial score (nSPS) is 14.4. The Morgan fingerprint density at radius 2 is 2.05 bits per heavy atom. The number of likely N-dealkylation sites (N-methyl/N-ethyl adjacent to an activating group) is 1. The number of aryl methyl sites for hydroxylation is 2. The van der Waals surface area contributed by atoms with Gasteiger partial charge in [0.15, 0.2) is 0 Å². The molecule has 110 valence electrons. The fourth-order valence-corrected chi connectivity index (χ4v) is 2.40. The van der Waals surface area contributed by atoms with E-state index in [1.807, 2.05) is 31.9 Å². The molecule has 2 N–H and O–H groups in total. The molecule has 0 fully saturated rings. The van der Waals surface area contributed by atoms with Gasteiger partial charge < -0.3 is 10.4 Å². The van der Waals surface area contributed by atoms with Crippen molar-refractivity contribution in [3.05, 3.63) is 29.3 Å². The highest BCUT2D eigenvalue weighted by Crippen LogP contribution is 2.24. The van der Waals surface area contributed by atoms with Crippen molar-refractivity contribution in [3.8, 4) is 0 Å². The standard InChI is InChI=1S/C16H24N2O2/c1-16(2,11-19)18(3)10-15(20)17-14-8-7-12-5-4-6-13(12)9-14/h7-9,19H,4-6,10-11H2,1-3H3,(H,17,20). The van der Waals surface area contributed by atoms with Crippen LogP contribution in [0.15, 0.2) is 18.2 Å². The van der Waals surface area contributed by atoms with E-state index < -0.39 is 5.54 Å². The zero-order chi connectivity index (χ0) is 14.8. The van der Waals surface area contributed by atoms with Crippen molar-refractivity contribution in [1.82, 2.24) is 4.90 Å². The van der Waals surface area contributed by atoms with Gasteiger partial charge in [0.25, 0.3) is 0 Å². The van der Waals surface area contributed by atoms with E-state index in [4.69, 9.17) is 0 Å². The first-order valence-corrected chi connectivity index (χ1v) is 7.16. The topological polar surface area (TPSA) is 52.6 Å². The van der Waals surface area contributed by atoms with E-state index in [1.165, 1.54) is 17.5 Å².